The summed E-state index contributed by atoms with van der Waals surface area (Å²) in [6.45, 7) is 2.03. The number of urea groups is 1. The molecule has 134 valence electrons. The van der Waals surface area contributed by atoms with Crippen LogP contribution in [-0.4, -0.2) is 41.4 Å². The van der Waals surface area contributed by atoms with Gasteiger partial charge in [0.25, 0.3) is 5.91 Å². The topological polar surface area (TPSA) is 87.7 Å². The zero-order chi connectivity index (χ0) is 17.9. The van der Waals surface area contributed by atoms with Crippen LogP contribution in [0, 0.1) is 0 Å². The third-order valence-electron chi connectivity index (χ3n) is 4.72. The highest BCUT2D eigenvalue weighted by Gasteiger charge is 2.51. The molecule has 25 heavy (non-hydrogen) atoms. The monoisotopic (exact) mass is 345 g/mol. The first-order valence-corrected chi connectivity index (χ1v) is 8.71. The number of ether oxygens (including phenoxy) is 1. The quantitative estimate of drug-likeness (QED) is 0.802. The van der Waals surface area contributed by atoms with E-state index in [1.54, 1.807) is 18.2 Å². The summed E-state index contributed by atoms with van der Waals surface area (Å²) in [5.74, 6) is -0.159. The molecule has 2 aliphatic rings. The molecule has 0 radical (unpaired) electrons. The molecular formula is C18H23N3O4. The fraction of sp³-hybridized carbons (Fsp3) is 0.500. The van der Waals surface area contributed by atoms with Crippen molar-refractivity contribution in [3.8, 4) is 5.75 Å². The van der Waals surface area contributed by atoms with Crippen LogP contribution in [0.5, 0.6) is 5.75 Å². The van der Waals surface area contributed by atoms with Gasteiger partial charge >= 0.3 is 6.03 Å². The van der Waals surface area contributed by atoms with Gasteiger partial charge in [-0.05, 0) is 31.9 Å². The van der Waals surface area contributed by atoms with E-state index < -0.39 is 17.5 Å². The van der Waals surface area contributed by atoms with Gasteiger partial charge in [0.05, 0.1) is 12.3 Å². The van der Waals surface area contributed by atoms with Gasteiger partial charge in [-0.25, -0.2) is 4.79 Å². The normalized spacial score (nSPS) is 19.0. The SMILES string of the molecule is CCOc1ccccc1NC(=O)CN1C(=O)NC2(CCCCC2)C1=O. The second-order valence-electron chi connectivity index (χ2n) is 6.44. The van der Waals surface area contributed by atoms with Crippen molar-refractivity contribution < 1.29 is 19.1 Å². The van der Waals surface area contributed by atoms with Crippen molar-refractivity contribution in [2.75, 3.05) is 18.5 Å². The van der Waals surface area contributed by atoms with Crippen molar-refractivity contribution in [1.82, 2.24) is 10.2 Å². The smallest absolute Gasteiger partial charge is 0.325 e. The van der Waals surface area contributed by atoms with Gasteiger partial charge in [-0.3, -0.25) is 14.5 Å². The maximum absolute atomic E-state index is 12.7. The lowest BCUT2D eigenvalue weighted by Gasteiger charge is -2.30. The number of amides is 4. The Kier molecular flexibility index (Phi) is 4.92. The highest BCUT2D eigenvalue weighted by atomic mass is 16.5. The Morgan fingerprint density at radius 3 is 2.68 bits per heavy atom. The Bertz CT molecular complexity index is 683. The number of carbonyl (C=O) groups is 3. The Balaban J connectivity index is 1.67. The minimum absolute atomic E-state index is 0.287. The second-order valence-corrected chi connectivity index (χ2v) is 6.44. The highest BCUT2D eigenvalue weighted by Crippen LogP contribution is 2.33. The predicted molar refractivity (Wildman–Crippen MR) is 92.3 cm³/mol. The van der Waals surface area contributed by atoms with E-state index in [9.17, 15) is 14.4 Å². The Labute approximate surface area is 146 Å². The van der Waals surface area contributed by atoms with Gasteiger partial charge in [0, 0.05) is 0 Å². The molecule has 2 fully saturated rings. The van der Waals surface area contributed by atoms with Gasteiger partial charge in [-0.2, -0.15) is 0 Å². The molecule has 0 atom stereocenters. The summed E-state index contributed by atoms with van der Waals surface area (Å²) >= 11 is 0. The van der Waals surface area contributed by atoms with Crippen LogP contribution in [0.2, 0.25) is 0 Å². The van der Waals surface area contributed by atoms with E-state index in [2.05, 4.69) is 10.6 Å². The van der Waals surface area contributed by atoms with Crippen LogP contribution in [0.4, 0.5) is 10.5 Å². The molecule has 1 saturated carbocycles. The summed E-state index contributed by atoms with van der Waals surface area (Å²) in [6, 6.07) is 6.58. The summed E-state index contributed by atoms with van der Waals surface area (Å²) in [4.78, 5) is 38.3. The van der Waals surface area contributed by atoms with E-state index >= 15 is 0 Å². The lowest BCUT2D eigenvalue weighted by atomic mass is 9.82. The molecule has 7 nitrogen and oxygen atoms in total. The minimum atomic E-state index is -0.807. The van der Waals surface area contributed by atoms with Gasteiger partial charge in [-0.1, -0.05) is 31.4 Å². The molecule has 4 amide bonds. The molecule has 1 aromatic carbocycles. The van der Waals surface area contributed by atoms with Crippen molar-refractivity contribution in [1.29, 1.82) is 0 Å². The molecule has 1 aliphatic carbocycles. The Morgan fingerprint density at radius 2 is 1.96 bits per heavy atom. The van der Waals surface area contributed by atoms with Crippen LogP contribution in [0.25, 0.3) is 0 Å². The lowest BCUT2D eigenvalue weighted by Crippen LogP contribution is -2.48. The number of para-hydroxylation sites is 2. The number of nitrogens with one attached hydrogen (secondary N) is 2. The van der Waals surface area contributed by atoms with E-state index in [0.717, 1.165) is 24.2 Å². The third-order valence-corrected chi connectivity index (χ3v) is 4.72. The number of nitrogens with zero attached hydrogens (tertiary/aromatic N) is 1. The summed E-state index contributed by atoms with van der Waals surface area (Å²) in [6.07, 6.45) is 4.17. The molecule has 1 aromatic rings. The van der Waals surface area contributed by atoms with E-state index in [1.165, 1.54) is 0 Å². The second kappa shape index (κ2) is 7.13. The molecule has 0 bridgehead atoms. The van der Waals surface area contributed by atoms with Crippen molar-refractivity contribution in [2.24, 2.45) is 0 Å². The van der Waals surface area contributed by atoms with Crippen molar-refractivity contribution in [2.45, 2.75) is 44.6 Å². The zero-order valence-electron chi connectivity index (χ0n) is 14.3. The molecule has 2 N–H and O–H groups in total. The van der Waals surface area contributed by atoms with E-state index in [1.807, 2.05) is 13.0 Å². The number of anilines is 1. The summed E-state index contributed by atoms with van der Waals surface area (Å²) in [7, 11) is 0. The summed E-state index contributed by atoms with van der Waals surface area (Å²) in [5.41, 5.74) is -0.285. The van der Waals surface area contributed by atoms with Gasteiger partial charge in [0.15, 0.2) is 0 Å². The minimum Gasteiger partial charge on any atom is -0.492 e. The Hall–Kier alpha value is -2.57. The first-order valence-electron chi connectivity index (χ1n) is 8.71. The number of benzene rings is 1. The van der Waals surface area contributed by atoms with E-state index in [0.29, 0.717) is 30.9 Å². The lowest BCUT2D eigenvalue weighted by molar-refractivity contribution is -0.134. The van der Waals surface area contributed by atoms with E-state index in [4.69, 9.17) is 4.74 Å². The fourth-order valence-electron chi connectivity index (χ4n) is 3.50. The first-order chi connectivity index (χ1) is 12.1. The van der Waals surface area contributed by atoms with E-state index in [-0.39, 0.29) is 12.5 Å². The maximum Gasteiger partial charge on any atom is 0.325 e. The molecule has 0 unspecified atom stereocenters. The van der Waals surface area contributed by atoms with Crippen molar-refractivity contribution in [3.05, 3.63) is 24.3 Å². The number of hydrogen-bond donors (Lipinski definition) is 2. The summed E-state index contributed by atoms with van der Waals surface area (Å²) in [5, 5.41) is 5.52. The number of imide groups is 1. The first kappa shape index (κ1) is 17.3. The average Bonchev–Trinajstić information content (AvgIpc) is 2.82. The number of carbonyl (C=O) groups excluding carboxylic acids is 3. The Morgan fingerprint density at radius 1 is 1.24 bits per heavy atom. The van der Waals surface area contributed by atoms with Gasteiger partial charge in [0.1, 0.15) is 17.8 Å². The van der Waals surface area contributed by atoms with Gasteiger partial charge < -0.3 is 15.4 Å². The maximum atomic E-state index is 12.7. The molecular weight excluding hydrogens is 322 g/mol. The molecule has 1 aliphatic heterocycles. The standard InChI is InChI=1S/C18H23N3O4/c1-2-25-14-9-5-4-8-13(14)19-15(22)12-21-16(23)18(20-17(21)24)10-6-3-7-11-18/h4-5,8-9H,2-3,6-7,10-12H2,1H3,(H,19,22)(H,20,24). The highest BCUT2D eigenvalue weighted by molar-refractivity contribution is 6.10. The largest absolute Gasteiger partial charge is 0.492 e. The third kappa shape index (κ3) is 3.45. The molecule has 1 saturated heterocycles. The van der Waals surface area contributed by atoms with Crippen LogP contribution in [0.3, 0.4) is 0 Å². The van der Waals surface area contributed by atoms with Crippen molar-refractivity contribution in [3.63, 3.8) is 0 Å². The molecule has 3 rings (SSSR count). The van der Waals surface area contributed by atoms with Gasteiger partial charge in [-0.15, -0.1) is 0 Å². The molecule has 1 spiro atoms. The van der Waals surface area contributed by atoms with Crippen LogP contribution in [-0.2, 0) is 9.59 Å². The van der Waals surface area contributed by atoms with Crippen LogP contribution >= 0.6 is 0 Å². The molecule has 0 aromatic heterocycles. The van der Waals surface area contributed by atoms with Crippen LogP contribution < -0.4 is 15.4 Å². The predicted octanol–water partition coefficient (Wildman–Crippen LogP) is 2.28. The van der Waals surface area contributed by atoms with Gasteiger partial charge in [0.2, 0.25) is 5.91 Å². The fourth-order valence-corrected chi connectivity index (χ4v) is 3.50. The molecule has 7 heteroatoms. The molecule has 1 heterocycles. The number of rotatable bonds is 5. The number of hydrogen-bond acceptors (Lipinski definition) is 4. The van der Waals surface area contributed by atoms with Crippen LogP contribution in [0.15, 0.2) is 24.3 Å². The zero-order valence-corrected chi connectivity index (χ0v) is 14.3. The summed E-state index contributed by atoms with van der Waals surface area (Å²) < 4.78 is 5.47. The van der Waals surface area contributed by atoms with Crippen LogP contribution in [0.1, 0.15) is 39.0 Å². The van der Waals surface area contributed by atoms with Crippen molar-refractivity contribution >= 4 is 23.5 Å². The average molecular weight is 345 g/mol.